The molecule has 1 heterocycles. The number of hydrogen-bond donors (Lipinski definition) is 0. The van der Waals surface area contributed by atoms with Gasteiger partial charge in [0.1, 0.15) is 0 Å². The first-order chi connectivity index (χ1) is 25.5. The summed E-state index contributed by atoms with van der Waals surface area (Å²) >= 11 is 0.194. The van der Waals surface area contributed by atoms with Gasteiger partial charge in [-0.25, -0.2) is 0 Å². The summed E-state index contributed by atoms with van der Waals surface area (Å²) in [7, 11) is 9.53. The molecule has 0 fully saturated rings. The second-order valence-electron chi connectivity index (χ2n) is 12.4. The van der Waals surface area contributed by atoms with Crippen LogP contribution in [0.3, 0.4) is 0 Å². The number of benzene rings is 6. The Balaban J connectivity index is 0.00000150. The molecule has 1 aromatic heterocycles. The molecule has 6 aromatic carbocycles. The second kappa shape index (κ2) is 18.6. The fourth-order valence-electron chi connectivity index (χ4n) is 6.49. The summed E-state index contributed by atoms with van der Waals surface area (Å²) in [6.07, 6.45) is 0. The Morgan fingerprint density at radius 2 is 0.654 bits per heavy atom. The van der Waals surface area contributed by atoms with Crippen LogP contribution in [0.4, 0.5) is 11.4 Å². The molecule has 52 heavy (non-hydrogen) atoms. The molecule has 0 aliphatic carbocycles. The minimum absolute atomic E-state index is 0.161. The van der Waals surface area contributed by atoms with Crippen molar-refractivity contribution in [1.82, 2.24) is 4.98 Å². The molecular weight excluding hydrogens is 719 g/mol. The van der Waals surface area contributed by atoms with E-state index in [9.17, 15) is 0 Å². The molecular formula is C44H36B2Cl2FeN3. The van der Waals surface area contributed by atoms with Crippen molar-refractivity contribution in [2.45, 2.75) is 13.8 Å². The predicted octanol–water partition coefficient (Wildman–Crippen LogP) is 7.33. The molecule has 0 radical (unpaired) electrons. The summed E-state index contributed by atoms with van der Waals surface area (Å²) in [4.78, 5) is 14.7. The Morgan fingerprint density at radius 3 is 0.923 bits per heavy atom. The molecule has 0 atom stereocenters. The van der Waals surface area contributed by atoms with Crippen molar-refractivity contribution in [3.05, 3.63) is 193 Å². The van der Waals surface area contributed by atoms with E-state index in [2.05, 4.69) is 170 Å². The van der Waals surface area contributed by atoms with Crippen molar-refractivity contribution in [3.8, 4) is 0 Å². The van der Waals surface area contributed by atoms with Crippen molar-refractivity contribution < 1.29 is 13.1 Å². The monoisotopic (exact) mass is 754 g/mol. The van der Waals surface area contributed by atoms with Crippen molar-refractivity contribution in [2.24, 2.45) is 9.98 Å². The first kappa shape index (κ1) is 36.9. The summed E-state index contributed by atoms with van der Waals surface area (Å²) in [5, 5.41) is 0. The van der Waals surface area contributed by atoms with E-state index in [0.717, 1.165) is 34.2 Å². The van der Waals surface area contributed by atoms with E-state index in [0.29, 0.717) is 0 Å². The summed E-state index contributed by atoms with van der Waals surface area (Å²) < 4.78 is 0. The molecule has 255 valence electrons. The molecule has 0 N–H and O–H groups in total. The maximum atomic E-state index is 4.92. The van der Waals surface area contributed by atoms with Gasteiger partial charge >= 0.3 is 33.3 Å². The molecule has 0 amide bonds. The van der Waals surface area contributed by atoms with E-state index in [4.69, 9.17) is 35.2 Å². The molecule has 7 rings (SSSR count). The van der Waals surface area contributed by atoms with E-state index in [-0.39, 0.29) is 26.6 Å². The second-order valence-corrected chi connectivity index (χ2v) is 14.2. The van der Waals surface area contributed by atoms with Gasteiger partial charge in [-0.2, -0.15) is 0 Å². The van der Waals surface area contributed by atoms with E-state index in [1.54, 1.807) is 0 Å². The third-order valence-corrected chi connectivity index (χ3v) is 8.96. The van der Waals surface area contributed by atoms with Gasteiger partial charge in [-0.15, -0.1) is 11.4 Å². The number of rotatable bonds is 10. The van der Waals surface area contributed by atoms with E-state index < -0.39 is 0 Å². The van der Waals surface area contributed by atoms with Crippen molar-refractivity contribution >= 4 is 89.2 Å². The third kappa shape index (κ3) is 9.53. The molecule has 0 spiro atoms. The Kier molecular flexibility index (Phi) is 13.2. The zero-order valence-corrected chi connectivity index (χ0v) is 31.5. The van der Waals surface area contributed by atoms with Crippen LogP contribution in [0.25, 0.3) is 0 Å². The fourth-order valence-corrected chi connectivity index (χ4v) is 6.49. The van der Waals surface area contributed by atoms with Gasteiger partial charge in [0.25, 0.3) is 0 Å². The number of nitrogens with zero attached hydrogens (tertiary/aromatic N) is 3. The Bertz CT molecular complexity index is 1960. The Morgan fingerprint density at radius 1 is 0.404 bits per heavy atom. The first-order valence-electron chi connectivity index (χ1n) is 17.0. The van der Waals surface area contributed by atoms with Crippen LogP contribution in [0.1, 0.15) is 25.2 Å². The van der Waals surface area contributed by atoms with Crippen molar-refractivity contribution in [2.75, 3.05) is 0 Å². The quantitative estimate of drug-likeness (QED) is 0.107. The summed E-state index contributed by atoms with van der Waals surface area (Å²) in [6, 6.07) is 63.8. The topological polar surface area (TPSA) is 38.8 Å². The summed E-state index contributed by atoms with van der Waals surface area (Å²) in [5.74, 6) is 0. The van der Waals surface area contributed by atoms with Gasteiger partial charge in [0.05, 0.1) is 11.4 Å². The van der Waals surface area contributed by atoms with Crippen LogP contribution in [0.5, 0.6) is 0 Å². The van der Waals surface area contributed by atoms with Crippen LogP contribution in [0.15, 0.2) is 192 Å². The third-order valence-electron chi connectivity index (χ3n) is 8.96. The zero-order valence-electron chi connectivity index (χ0n) is 28.9. The van der Waals surface area contributed by atoms with Gasteiger partial charge in [-0.1, -0.05) is 191 Å². The van der Waals surface area contributed by atoms with Crippen LogP contribution >= 0.6 is 20.2 Å². The van der Waals surface area contributed by atoms with Crippen molar-refractivity contribution in [3.63, 3.8) is 0 Å². The van der Waals surface area contributed by atoms with Crippen molar-refractivity contribution in [1.29, 1.82) is 0 Å². The normalized spacial score (nSPS) is 11.4. The van der Waals surface area contributed by atoms with Gasteiger partial charge in [-0.05, 0) is 38.1 Å². The van der Waals surface area contributed by atoms with E-state index in [1.165, 1.54) is 32.8 Å². The average molecular weight is 755 g/mol. The molecule has 0 unspecified atom stereocenters. The van der Waals surface area contributed by atoms with Gasteiger partial charge in [0.2, 0.25) is 13.4 Å². The molecule has 8 heteroatoms. The number of hydrogen-bond acceptors (Lipinski definition) is 2. The van der Waals surface area contributed by atoms with Crippen LogP contribution < -0.4 is 37.8 Å². The molecule has 0 saturated carbocycles. The molecule has 3 nitrogen and oxygen atoms in total. The first-order valence-corrected chi connectivity index (χ1v) is 20.1. The van der Waals surface area contributed by atoms with Crippen LogP contribution in [0.2, 0.25) is 0 Å². The number of halogens is 2. The SMILES string of the molecule is CC(=Nc1ccc(B(c2ccccc2)c2ccccc2)cc1)c1ccc(C(C)=Nc2ccc(B(c3ccccc3)c3ccccc3)cc2)[n-]1.[Cl][Fe+][Cl]. The average Bonchev–Trinajstić information content (AvgIpc) is 3.70. The molecule has 7 aromatic rings. The van der Waals surface area contributed by atoms with Gasteiger partial charge < -0.3 is 4.98 Å². The zero-order chi connectivity index (χ0) is 36.1. The maximum absolute atomic E-state index is 4.92. The van der Waals surface area contributed by atoms with Gasteiger partial charge in [0, 0.05) is 11.4 Å². The number of aliphatic imine (C=N–C) groups is 2. The van der Waals surface area contributed by atoms with E-state index in [1.807, 2.05) is 26.0 Å². The standard InChI is InChI=1S/C44H36B2N3.2ClH.Fe/c1-33(47-41-27-23-39(24-28-41)45(35-15-7-3-8-16-35)36-17-9-4-10-18-36)43-31-32-44(49-43)34(2)48-42-29-25-40(26-30-42)46(37-19-11-5-12-20-37)38-21-13-6-14-22-38;;;/h3-32H,1-2H3;2*1H;/q-1;;;+3/p-2. The number of aromatic nitrogens is 1. The predicted molar refractivity (Wildman–Crippen MR) is 223 cm³/mol. The van der Waals surface area contributed by atoms with Crippen LogP contribution in [-0.4, -0.2) is 24.8 Å². The van der Waals surface area contributed by atoms with Crippen LogP contribution in [-0.2, 0) is 13.1 Å². The molecule has 0 aliphatic rings. The summed E-state index contributed by atoms with van der Waals surface area (Å²) in [5.41, 5.74) is 12.8. The summed E-state index contributed by atoms with van der Waals surface area (Å²) in [6.45, 7) is 4.34. The Hall–Kier alpha value is -4.83. The van der Waals surface area contributed by atoms with Gasteiger partial charge in [0.15, 0.2) is 0 Å². The van der Waals surface area contributed by atoms with Gasteiger partial charge in [-0.3, -0.25) is 9.98 Å². The molecule has 0 saturated heterocycles. The molecule has 0 aliphatic heterocycles. The molecule has 0 bridgehead atoms. The minimum atomic E-state index is 0.161. The Labute approximate surface area is 322 Å². The van der Waals surface area contributed by atoms with Crippen LogP contribution in [0, 0.1) is 0 Å². The van der Waals surface area contributed by atoms with E-state index >= 15 is 0 Å². The fraction of sp³-hybridized carbons (Fsp3) is 0.0455.